The molecule has 0 radical (unpaired) electrons. The summed E-state index contributed by atoms with van der Waals surface area (Å²) in [6, 6.07) is 5.98. The molecule has 0 amide bonds. The number of nitrogens with one attached hydrogen (secondary N) is 1. The molecule has 1 aromatic heterocycles. The first-order chi connectivity index (χ1) is 11.9. The molecule has 10 heteroatoms. The second kappa shape index (κ2) is 8.65. The highest BCUT2D eigenvalue weighted by Crippen LogP contribution is 2.24. The Morgan fingerprint density at radius 3 is 2.64 bits per heavy atom. The van der Waals surface area contributed by atoms with E-state index < -0.39 is 23.2 Å². The number of halogens is 1. The first kappa shape index (κ1) is 19.0. The van der Waals surface area contributed by atoms with Gasteiger partial charge < -0.3 is 15.9 Å². The Kier molecular flexibility index (Phi) is 6.57. The lowest BCUT2D eigenvalue weighted by Gasteiger charge is -2.12. The van der Waals surface area contributed by atoms with Crippen molar-refractivity contribution >= 4 is 47.5 Å². The molecular weight excluding hydrogens is 368 g/mol. The van der Waals surface area contributed by atoms with Crippen molar-refractivity contribution in [3.05, 3.63) is 40.7 Å². The number of nitrogens with zero attached hydrogens (tertiary/aromatic N) is 2. The van der Waals surface area contributed by atoms with Crippen LogP contribution in [0.15, 0.2) is 29.4 Å². The number of rotatable bonds is 8. The fourth-order valence-corrected chi connectivity index (χ4v) is 2.93. The zero-order chi connectivity index (χ0) is 18.4. The lowest BCUT2D eigenvalue weighted by molar-refractivity contribution is -0.139. The van der Waals surface area contributed by atoms with E-state index in [0.29, 0.717) is 10.8 Å². The average molecular weight is 383 g/mol. The number of carboxylic acid groups (broad SMARTS) is 2. The van der Waals surface area contributed by atoms with Crippen molar-refractivity contribution < 1.29 is 19.8 Å². The van der Waals surface area contributed by atoms with Crippen molar-refractivity contribution in [2.75, 3.05) is 0 Å². The van der Waals surface area contributed by atoms with Crippen LogP contribution in [-0.4, -0.2) is 48.6 Å². The summed E-state index contributed by atoms with van der Waals surface area (Å²) in [6.07, 6.45) is 3.15. The third-order valence-corrected chi connectivity index (χ3v) is 4.53. The number of carboxylic acids is 2. The van der Waals surface area contributed by atoms with Crippen LogP contribution >= 0.6 is 23.4 Å². The number of hydrogen-bond donors (Lipinski definition) is 4. The molecule has 0 spiro atoms. The van der Waals surface area contributed by atoms with E-state index in [1.54, 1.807) is 18.2 Å². The average Bonchev–Trinajstić information content (AvgIpc) is 3.00. The number of nitrogens with two attached hydrogens (primary N) is 1. The maximum atomic E-state index is 11.3. The van der Waals surface area contributed by atoms with Crippen LogP contribution in [0.2, 0.25) is 5.02 Å². The van der Waals surface area contributed by atoms with E-state index in [9.17, 15) is 14.7 Å². The number of benzene rings is 1. The summed E-state index contributed by atoms with van der Waals surface area (Å²) in [5, 5.41) is 24.3. The zero-order valence-corrected chi connectivity index (χ0v) is 14.4. The van der Waals surface area contributed by atoms with Gasteiger partial charge in [-0.3, -0.25) is 14.7 Å². The highest BCUT2D eigenvalue weighted by Gasteiger charge is 2.26. The van der Waals surface area contributed by atoms with E-state index >= 15 is 0 Å². The van der Waals surface area contributed by atoms with Crippen LogP contribution in [0, 0.1) is 0 Å². The predicted octanol–water partition coefficient (Wildman–Crippen LogP) is 1.98. The second-order valence-corrected chi connectivity index (χ2v) is 6.56. The minimum atomic E-state index is -1.27. The minimum Gasteiger partial charge on any atom is -0.480 e. The van der Waals surface area contributed by atoms with Crippen molar-refractivity contribution in [1.82, 2.24) is 15.2 Å². The molecule has 1 unspecified atom stereocenters. The number of aromatic amines is 1. The molecule has 0 saturated carbocycles. The molecule has 0 aliphatic carbocycles. The van der Waals surface area contributed by atoms with Crippen molar-refractivity contribution in [2.24, 2.45) is 5.73 Å². The molecule has 0 aliphatic heterocycles. The highest BCUT2D eigenvalue weighted by molar-refractivity contribution is 8.00. The summed E-state index contributed by atoms with van der Waals surface area (Å²) in [7, 11) is 0. The van der Waals surface area contributed by atoms with Crippen LogP contribution in [0.25, 0.3) is 12.2 Å². The molecule has 1 heterocycles. The Morgan fingerprint density at radius 2 is 2.00 bits per heavy atom. The van der Waals surface area contributed by atoms with E-state index in [2.05, 4.69) is 15.2 Å². The Balaban J connectivity index is 2.05. The molecule has 0 saturated heterocycles. The molecule has 0 aliphatic rings. The van der Waals surface area contributed by atoms with Crippen LogP contribution in [0.5, 0.6) is 0 Å². The summed E-state index contributed by atoms with van der Waals surface area (Å²) >= 11 is 6.88. The largest absolute Gasteiger partial charge is 0.480 e. The monoisotopic (exact) mass is 382 g/mol. The zero-order valence-electron chi connectivity index (χ0n) is 12.8. The number of aromatic nitrogens is 3. The molecule has 1 aromatic carbocycles. The van der Waals surface area contributed by atoms with Crippen molar-refractivity contribution in [3.63, 3.8) is 0 Å². The van der Waals surface area contributed by atoms with Gasteiger partial charge in [-0.15, -0.1) is 5.10 Å². The Morgan fingerprint density at radius 1 is 1.28 bits per heavy atom. The second-order valence-electron chi connectivity index (χ2n) is 4.98. The van der Waals surface area contributed by atoms with Gasteiger partial charge in [-0.05, 0) is 30.2 Å². The Labute approximate surface area is 152 Å². The van der Waals surface area contributed by atoms with E-state index in [-0.39, 0.29) is 11.6 Å². The summed E-state index contributed by atoms with van der Waals surface area (Å²) in [5.74, 6) is -2.03. The lowest BCUT2D eigenvalue weighted by Crippen LogP contribution is -2.35. The number of aliphatic carboxylic acids is 2. The highest BCUT2D eigenvalue weighted by atomic mass is 35.5. The first-order valence-electron chi connectivity index (χ1n) is 7.09. The Hall–Kier alpha value is -2.36. The molecule has 2 rings (SSSR count). The van der Waals surface area contributed by atoms with Gasteiger partial charge in [0.2, 0.25) is 5.16 Å². The van der Waals surface area contributed by atoms with Crippen LogP contribution in [0.3, 0.4) is 0 Å². The van der Waals surface area contributed by atoms with Gasteiger partial charge >= 0.3 is 11.9 Å². The predicted molar refractivity (Wildman–Crippen MR) is 94.3 cm³/mol. The van der Waals surface area contributed by atoms with E-state index in [4.69, 9.17) is 22.4 Å². The van der Waals surface area contributed by atoms with Crippen molar-refractivity contribution in [2.45, 2.75) is 22.9 Å². The molecule has 132 valence electrons. The van der Waals surface area contributed by atoms with Gasteiger partial charge in [-0.1, -0.05) is 41.6 Å². The normalized spacial score (nSPS) is 13.7. The minimum absolute atomic E-state index is 0.184. The van der Waals surface area contributed by atoms with Gasteiger partial charge in [0.05, 0.1) is 0 Å². The fourth-order valence-electron chi connectivity index (χ4n) is 1.82. The van der Waals surface area contributed by atoms with Gasteiger partial charge in [0.15, 0.2) is 0 Å². The van der Waals surface area contributed by atoms with E-state index in [1.807, 2.05) is 18.2 Å². The van der Waals surface area contributed by atoms with Gasteiger partial charge in [-0.25, -0.2) is 4.98 Å². The topological polar surface area (TPSA) is 142 Å². The molecular formula is C15H15ClN4O4S. The molecule has 0 bridgehead atoms. The van der Waals surface area contributed by atoms with Crippen LogP contribution in [0.1, 0.15) is 17.8 Å². The summed E-state index contributed by atoms with van der Waals surface area (Å²) in [5.41, 5.74) is 6.19. The summed E-state index contributed by atoms with van der Waals surface area (Å²) in [6.45, 7) is 0. The van der Waals surface area contributed by atoms with Crippen LogP contribution in [-0.2, 0) is 9.59 Å². The third kappa shape index (κ3) is 5.59. The maximum Gasteiger partial charge on any atom is 0.320 e. The van der Waals surface area contributed by atoms with Crippen LogP contribution < -0.4 is 5.73 Å². The third-order valence-electron chi connectivity index (χ3n) is 3.12. The lowest BCUT2D eigenvalue weighted by atomic mass is 10.2. The van der Waals surface area contributed by atoms with Crippen molar-refractivity contribution in [3.8, 4) is 0 Å². The summed E-state index contributed by atoms with van der Waals surface area (Å²) < 4.78 is 0. The Bertz CT molecular complexity index is 795. The molecule has 5 N–H and O–H groups in total. The van der Waals surface area contributed by atoms with Gasteiger partial charge in [0, 0.05) is 5.02 Å². The van der Waals surface area contributed by atoms with E-state index in [0.717, 1.165) is 17.3 Å². The van der Waals surface area contributed by atoms with Gasteiger partial charge in [0.1, 0.15) is 17.1 Å². The van der Waals surface area contributed by atoms with Crippen molar-refractivity contribution in [1.29, 1.82) is 0 Å². The number of carbonyl (C=O) groups is 2. The summed E-state index contributed by atoms with van der Waals surface area (Å²) in [4.78, 5) is 26.2. The molecule has 25 heavy (non-hydrogen) atoms. The number of H-pyrrole nitrogens is 1. The SMILES string of the molecule is N[C@@H](CC(Sc1n[nH]c(C=Cc2ccccc2Cl)n1)C(=O)O)C(=O)O. The number of hydrogen-bond acceptors (Lipinski definition) is 6. The molecule has 2 aromatic rings. The molecule has 8 nitrogen and oxygen atoms in total. The quantitative estimate of drug-likeness (QED) is 0.507. The number of thioether (sulfide) groups is 1. The van der Waals surface area contributed by atoms with E-state index in [1.165, 1.54) is 0 Å². The van der Waals surface area contributed by atoms with Gasteiger partial charge in [-0.2, -0.15) is 0 Å². The van der Waals surface area contributed by atoms with Gasteiger partial charge in [0.25, 0.3) is 0 Å². The van der Waals surface area contributed by atoms with Crippen LogP contribution in [0.4, 0.5) is 0 Å². The first-order valence-corrected chi connectivity index (χ1v) is 8.35. The molecule has 0 fully saturated rings. The standard InChI is InChI=1S/C15H15ClN4O4S/c16-9-4-2-1-3-8(9)5-6-12-18-15(20-19-12)25-11(14(23)24)7-10(17)13(21)22/h1-6,10-11H,7,17H2,(H,21,22)(H,23,24)(H,18,19,20)/t10-,11?/m0/s1. The molecule has 2 atom stereocenters. The smallest absolute Gasteiger partial charge is 0.320 e. The maximum absolute atomic E-state index is 11.3. The fraction of sp³-hybridized carbons (Fsp3) is 0.200.